The summed E-state index contributed by atoms with van der Waals surface area (Å²) in [5, 5.41) is 0. The van der Waals surface area contributed by atoms with Gasteiger partial charge in [0, 0.05) is 12.6 Å². The second-order valence-corrected chi connectivity index (χ2v) is 3.78. The summed E-state index contributed by atoms with van der Waals surface area (Å²) in [4.78, 5) is 2.35. The second-order valence-electron chi connectivity index (χ2n) is 3.78. The van der Waals surface area contributed by atoms with E-state index in [1.807, 2.05) is 0 Å². The molecule has 1 nitrogen and oxygen atoms in total. The van der Waals surface area contributed by atoms with Crippen LogP contribution in [0.1, 0.15) is 27.7 Å². The first kappa shape index (κ1) is 10.7. The van der Waals surface area contributed by atoms with Crippen LogP contribution in [0.3, 0.4) is 0 Å². The third-order valence-corrected chi connectivity index (χ3v) is 2.28. The van der Waals surface area contributed by atoms with Crippen molar-refractivity contribution in [1.29, 1.82) is 0 Å². The highest BCUT2D eigenvalue weighted by atomic mass is 15.1. The molecule has 1 unspecified atom stereocenters. The molecule has 0 rings (SSSR count). The lowest BCUT2D eigenvalue weighted by Gasteiger charge is -2.24. The molecule has 0 radical (unpaired) electrons. The standard InChI is InChI=1S/C10H21N/c1-8(2)10(5)7-11(6)9(3)4/h9-10H,1,7H2,2-6H3. The fourth-order valence-corrected chi connectivity index (χ4v) is 0.799. The van der Waals surface area contributed by atoms with Crippen LogP contribution in [-0.4, -0.2) is 24.5 Å². The van der Waals surface area contributed by atoms with E-state index in [-0.39, 0.29) is 0 Å². The van der Waals surface area contributed by atoms with Crippen molar-refractivity contribution < 1.29 is 0 Å². The largest absolute Gasteiger partial charge is 0.303 e. The monoisotopic (exact) mass is 155 g/mol. The maximum atomic E-state index is 3.94. The van der Waals surface area contributed by atoms with E-state index in [0.717, 1.165) is 6.54 Å². The van der Waals surface area contributed by atoms with Crippen LogP contribution in [-0.2, 0) is 0 Å². The number of hydrogen-bond donors (Lipinski definition) is 0. The Morgan fingerprint density at radius 2 is 1.82 bits per heavy atom. The maximum Gasteiger partial charge on any atom is 0.00438 e. The average Bonchev–Trinajstić information content (AvgIpc) is 1.87. The molecule has 0 aromatic carbocycles. The van der Waals surface area contributed by atoms with E-state index in [1.165, 1.54) is 5.57 Å². The summed E-state index contributed by atoms with van der Waals surface area (Å²) in [5.74, 6) is 0.613. The van der Waals surface area contributed by atoms with Gasteiger partial charge in [0.1, 0.15) is 0 Å². The zero-order valence-electron chi connectivity index (χ0n) is 8.52. The van der Waals surface area contributed by atoms with Crippen LogP contribution in [0.2, 0.25) is 0 Å². The highest BCUT2D eigenvalue weighted by Crippen LogP contribution is 2.09. The van der Waals surface area contributed by atoms with E-state index < -0.39 is 0 Å². The highest BCUT2D eigenvalue weighted by molar-refractivity contribution is 4.94. The Morgan fingerprint density at radius 1 is 1.36 bits per heavy atom. The van der Waals surface area contributed by atoms with Gasteiger partial charge in [0.15, 0.2) is 0 Å². The van der Waals surface area contributed by atoms with Crippen LogP contribution in [0, 0.1) is 5.92 Å². The van der Waals surface area contributed by atoms with E-state index in [2.05, 4.69) is 46.2 Å². The lowest BCUT2D eigenvalue weighted by atomic mass is 10.0. The molecular formula is C10H21N. The first-order valence-electron chi connectivity index (χ1n) is 4.30. The van der Waals surface area contributed by atoms with Gasteiger partial charge in [-0.3, -0.25) is 0 Å². The minimum Gasteiger partial charge on any atom is -0.303 e. The van der Waals surface area contributed by atoms with Gasteiger partial charge in [0.05, 0.1) is 0 Å². The predicted molar refractivity (Wildman–Crippen MR) is 51.7 cm³/mol. The van der Waals surface area contributed by atoms with E-state index >= 15 is 0 Å². The Bertz CT molecular complexity index is 127. The summed E-state index contributed by atoms with van der Waals surface area (Å²) in [6.07, 6.45) is 0. The zero-order chi connectivity index (χ0) is 9.02. The van der Waals surface area contributed by atoms with Crippen molar-refractivity contribution in [2.75, 3.05) is 13.6 Å². The SMILES string of the molecule is C=C(C)C(C)CN(C)C(C)C. The van der Waals surface area contributed by atoms with Crippen molar-refractivity contribution in [2.24, 2.45) is 5.92 Å². The Hall–Kier alpha value is -0.300. The van der Waals surface area contributed by atoms with Gasteiger partial charge >= 0.3 is 0 Å². The molecule has 0 aliphatic carbocycles. The smallest absolute Gasteiger partial charge is 0.00438 e. The number of hydrogen-bond acceptors (Lipinski definition) is 1. The first-order valence-corrected chi connectivity index (χ1v) is 4.30. The fourth-order valence-electron chi connectivity index (χ4n) is 0.799. The molecule has 0 bridgehead atoms. The van der Waals surface area contributed by atoms with E-state index in [0.29, 0.717) is 12.0 Å². The lowest BCUT2D eigenvalue weighted by Crippen LogP contribution is -2.30. The van der Waals surface area contributed by atoms with Crippen LogP contribution >= 0.6 is 0 Å². The predicted octanol–water partition coefficient (Wildman–Crippen LogP) is 2.54. The van der Waals surface area contributed by atoms with Crippen LogP contribution in [0.15, 0.2) is 12.2 Å². The molecule has 0 saturated heterocycles. The van der Waals surface area contributed by atoms with Gasteiger partial charge in [0.2, 0.25) is 0 Å². The molecule has 0 fully saturated rings. The third-order valence-electron chi connectivity index (χ3n) is 2.28. The van der Waals surface area contributed by atoms with Gasteiger partial charge in [-0.05, 0) is 33.7 Å². The minimum absolute atomic E-state index is 0.613. The van der Waals surface area contributed by atoms with Gasteiger partial charge in [-0.25, -0.2) is 0 Å². The molecule has 11 heavy (non-hydrogen) atoms. The minimum atomic E-state index is 0.613. The van der Waals surface area contributed by atoms with E-state index in [9.17, 15) is 0 Å². The molecule has 0 aliphatic rings. The van der Waals surface area contributed by atoms with Crippen molar-refractivity contribution in [2.45, 2.75) is 33.7 Å². The quantitative estimate of drug-likeness (QED) is 0.564. The molecule has 0 aromatic heterocycles. The summed E-state index contributed by atoms with van der Waals surface area (Å²) in [6.45, 7) is 13.8. The topological polar surface area (TPSA) is 3.24 Å². The van der Waals surface area contributed by atoms with Crippen LogP contribution in [0.4, 0.5) is 0 Å². The zero-order valence-corrected chi connectivity index (χ0v) is 8.52. The van der Waals surface area contributed by atoms with Crippen molar-refractivity contribution in [3.8, 4) is 0 Å². The molecule has 1 atom stereocenters. The van der Waals surface area contributed by atoms with Gasteiger partial charge in [-0.2, -0.15) is 0 Å². The summed E-state index contributed by atoms with van der Waals surface area (Å²) >= 11 is 0. The van der Waals surface area contributed by atoms with Gasteiger partial charge in [-0.15, -0.1) is 0 Å². The maximum absolute atomic E-state index is 3.94. The molecule has 0 amide bonds. The third kappa shape index (κ3) is 4.20. The van der Waals surface area contributed by atoms with Gasteiger partial charge < -0.3 is 4.90 Å². The Kier molecular flexibility index (Phi) is 4.43. The highest BCUT2D eigenvalue weighted by Gasteiger charge is 2.08. The van der Waals surface area contributed by atoms with Crippen LogP contribution in [0.25, 0.3) is 0 Å². The van der Waals surface area contributed by atoms with Crippen LogP contribution < -0.4 is 0 Å². The molecule has 0 aliphatic heterocycles. The summed E-state index contributed by atoms with van der Waals surface area (Å²) in [6, 6.07) is 0.636. The molecule has 0 saturated carbocycles. The lowest BCUT2D eigenvalue weighted by molar-refractivity contribution is 0.250. The molecule has 0 heterocycles. The number of nitrogens with zero attached hydrogens (tertiary/aromatic N) is 1. The normalized spacial score (nSPS) is 14.1. The van der Waals surface area contributed by atoms with Gasteiger partial charge in [-0.1, -0.05) is 19.1 Å². The molecule has 0 spiro atoms. The number of rotatable bonds is 4. The average molecular weight is 155 g/mol. The van der Waals surface area contributed by atoms with Crippen molar-refractivity contribution >= 4 is 0 Å². The Labute approximate surface area is 71.1 Å². The summed E-state index contributed by atoms with van der Waals surface area (Å²) in [5.41, 5.74) is 1.28. The Morgan fingerprint density at radius 3 is 2.09 bits per heavy atom. The molecular weight excluding hydrogens is 134 g/mol. The fraction of sp³-hybridized carbons (Fsp3) is 0.800. The van der Waals surface area contributed by atoms with Crippen molar-refractivity contribution in [3.63, 3.8) is 0 Å². The van der Waals surface area contributed by atoms with Crippen molar-refractivity contribution in [1.82, 2.24) is 4.90 Å². The van der Waals surface area contributed by atoms with E-state index in [4.69, 9.17) is 0 Å². The molecule has 66 valence electrons. The molecule has 0 N–H and O–H groups in total. The Balaban J connectivity index is 3.75. The molecule has 0 aromatic rings. The summed E-state index contributed by atoms with van der Waals surface area (Å²) < 4.78 is 0. The second kappa shape index (κ2) is 4.55. The van der Waals surface area contributed by atoms with Crippen molar-refractivity contribution in [3.05, 3.63) is 12.2 Å². The van der Waals surface area contributed by atoms with E-state index in [1.54, 1.807) is 0 Å². The summed E-state index contributed by atoms with van der Waals surface area (Å²) in [7, 11) is 2.16. The van der Waals surface area contributed by atoms with Gasteiger partial charge in [0.25, 0.3) is 0 Å². The molecule has 1 heteroatoms. The van der Waals surface area contributed by atoms with Crippen LogP contribution in [0.5, 0.6) is 0 Å². The first-order chi connectivity index (χ1) is 4.95.